The Labute approximate surface area is 192 Å². The fraction of sp³-hybridized carbons (Fsp3) is 0.917. The molecule has 1 unspecified atom stereocenters. The normalized spacial score (nSPS) is 12.2. The molecule has 0 aromatic rings. The molecule has 0 radical (unpaired) electrons. The first kappa shape index (κ1) is 31.4. The number of hydrogen-bond donors (Lipinski definition) is 0. The van der Waals surface area contributed by atoms with Crippen molar-refractivity contribution in [3.05, 3.63) is 0 Å². The van der Waals surface area contributed by atoms with E-state index in [-0.39, 0.29) is 36.9 Å². The van der Waals surface area contributed by atoms with Gasteiger partial charge in [0.15, 0.2) is 0 Å². The maximum atomic E-state index is 12.0. The number of ether oxygens (including phenoxy) is 2. The molecule has 5 nitrogen and oxygen atoms in total. The van der Waals surface area contributed by atoms with Crippen LogP contribution in [0.25, 0.3) is 0 Å². The Kier molecular flexibility index (Phi) is 21.0. The van der Waals surface area contributed by atoms with Gasteiger partial charge in [0, 0.05) is 6.92 Å². The standard InChI is InChI=1S/C24H48NO4.ClH/c1-6-7-8-9-10-11-12-13-14-15-16-17-18-23(29-22(2)26)21-24(27)28-20-19-25(3,4)5;/h23H,6-21H2,1-5H3;1H/q+1;/p-1. The van der Waals surface area contributed by atoms with E-state index in [0.29, 0.717) is 6.61 Å². The molecule has 0 rings (SSSR count). The predicted octanol–water partition coefficient (Wildman–Crippen LogP) is 2.65. The summed E-state index contributed by atoms with van der Waals surface area (Å²) in [5.74, 6) is -0.600. The van der Waals surface area contributed by atoms with Crippen LogP contribution in [0, 0.1) is 0 Å². The lowest BCUT2D eigenvalue weighted by atomic mass is 10.0. The van der Waals surface area contributed by atoms with Gasteiger partial charge in [0.1, 0.15) is 19.3 Å². The summed E-state index contributed by atoms with van der Waals surface area (Å²) < 4.78 is 11.4. The van der Waals surface area contributed by atoms with Crippen molar-refractivity contribution in [2.75, 3.05) is 34.3 Å². The predicted molar refractivity (Wildman–Crippen MR) is 120 cm³/mol. The molecule has 0 aliphatic carbocycles. The van der Waals surface area contributed by atoms with Crippen molar-refractivity contribution in [2.45, 2.75) is 110 Å². The summed E-state index contributed by atoms with van der Waals surface area (Å²) in [7, 11) is 6.18. The van der Waals surface area contributed by atoms with E-state index in [4.69, 9.17) is 9.47 Å². The second kappa shape index (κ2) is 20.1. The number of likely N-dealkylation sites (N-methyl/N-ethyl adjacent to an activating group) is 1. The maximum Gasteiger partial charge on any atom is 0.309 e. The average molecular weight is 450 g/mol. The highest BCUT2D eigenvalue weighted by Gasteiger charge is 2.18. The van der Waals surface area contributed by atoms with Crippen LogP contribution in [0.1, 0.15) is 104 Å². The minimum absolute atomic E-state index is 0. The van der Waals surface area contributed by atoms with Crippen molar-refractivity contribution < 1.29 is 36.0 Å². The van der Waals surface area contributed by atoms with Gasteiger partial charge in [0.25, 0.3) is 0 Å². The molecule has 0 aliphatic heterocycles. The summed E-state index contributed by atoms with van der Waals surface area (Å²) in [4.78, 5) is 23.3. The van der Waals surface area contributed by atoms with Gasteiger partial charge in [-0.05, 0) is 12.8 Å². The quantitative estimate of drug-likeness (QED) is 0.173. The number of halogens is 1. The van der Waals surface area contributed by atoms with Crippen LogP contribution in [0.15, 0.2) is 0 Å². The highest BCUT2D eigenvalue weighted by Crippen LogP contribution is 2.15. The summed E-state index contributed by atoms with van der Waals surface area (Å²) in [5, 5.41) is 0. The van der Waals surface area contributed by atoms with Crippen LogP contribution in [0.5, 0.6) is 0 Å². The molecular formula is C24H48ClNO4. The smallest absolute Gasteiger partial charge is 0.309 e. The van der Waals surface area contributed by atoms with Gasteiger partial charge in [0.05, 0.1) is 27.6 Å². The van der Waals surface area contributed by atoms with E-state index in [1.807, 2.05) is 0 Å². The summed E-state index contributed by atoms with van der Waals surface area (Å²) in [6, 6.07) is 0. The van der Waals surface area contributed by atoms with Gasteiger partial charge in [-0.2, -0.15) is 0 Å². The molecule has 0 saturated carbocycles. The Bertz CT molecular complexity index is 424. The van der Waals surface area contributed by atoms with Crippen molar-refractivity contribution in [3.63, 3.8) is 0 Å². The minimum Gasteiger partial charge on any atom is -1.00 e. The van der Waals surface area contributed by atoms with Crippen molar-refractivity contribution >= 4 is 11.9 Å². The van der Waals surface area contributed by atoms with Crippen LogP contribution in [0.2, 0.25) is 0 Å². The Morgan fingerprint density at radius 2 is 1.27 bits per heavy atom. The van der Waals surface area contributed by atoms with E-state index in [2.05, 4.69) is 28.1 Å². The second-order valence-electron chi connectivity index (χ2n) is 9.35. The first-order valence-corrected chi connectivity index (χ1v) is 11.9. The zero-order valence-corrected chi connectivity index (χ0v) is 21.1. The summed E-state index contributed by atoms with van der Waals surface area (Å²) in [6.07, 6.45) is 16.1. The molecular weight excluding hydrogens is 402 g/mol. The van der Waals surface area contributed by atoms with Crippen LogP contribution in [-0.4, -0.2) is 56.8 Å². The molecule has 0 N–H and O–H groups in total. The molecule has 1 atom stereocenters. The van der Waals surface area contributed by atoms with Crippen molar-refractivity contribution in [3.8, 4) is 0 Å². The first-order valence-electron chi connectivity index (χ1n) is 11.9. The third-order valence-corrected chi connectivity index (χ3v) is 5.13. The Morgan fingerprint density at radius 1 is 0.800 bits per heavy atom. The van der Waals surface area contributed by atoms with Gasteiger partial charge in [-0.3, -0.25) is 9.59 Å². The summed E-state index contributed by atoms with van der Waals surface area (Å²) >= 11 is 0. The Balaban J connectivity index is 0. The SMILES string of the molecule is CCCCCCCCCCCCCCC(CC(=O)OCC[N+](C)(C)C)OC(C)=O.[Cl-]. The van der Waals surface area contributed by atoms with Crippen LogP contribution in [0.3, 0.4) is 0 Å². The topological polar surface area (TPSA) is 52.6 Å². The molecule has 0 aromatic heterocycles. The maximum absolute atomic E-state index is 12.0. The molecule has 0 fully saturated rings. The van der Waals surface area contributed by atoms with Crippen molar-refractivity contribution in [1.82, 2.24) is 0 Å². The molecule has 0 bridgehead atoms. The van der Waals surface area contributed by atoms with Crippen LogP contribution >= 0.6 is 0 Å². The molecule has 0 saturated heterocycles. The number of esters is 2. The van der Waals surface area contributed by atoms with E-state index >= 15 is 0 Å². The number of quaternary nitrogens is 1. The van der Waals surface area contributed by atoms with Gasteiger partial charge in [-0.15, -0.1) is 0 Å². The number of carbonyl (C=O) groups is 2. The molecule has 180 valence electrons. The second-order valence-corrected chi connectivity index (χ2v) is 9.35. The number of carbonyl (C=O) groups excluding carboxylic acids is 2. The van der Waals surface area contributed by atoms with Crippen LogP contribution < -0.4 is 12.4 Å². The number of rotatable bonds is 19. The summed E-state index contributed by atoms with van der Waals surface area (Å²) in [5.41, 5.74) is 0. The van der Waals surface area contributed by atoms with Crippen LogP contribution in [0.4, 0.5) is 0 Å². The molecule has 0 spiro atoms. The molecule has 0 amide bonds. The van der Waals surface area contributed by atoms with Gasteiger partial charge in [-0.1, -0.05) is 77.6 Å². The summed E-state index contributed by atoms with van der Waals surface area (Å²) in [6.45, 7) is 4.82. The van der Waals surface area contributed by atoms with E-state index in [1.54, 1.807) is 0 Å². The Hall–Kier alpha value is -0.810. The van der Waals surface area contributed by atoms with Crippen LogP contribution in [-0.2, 0) is 19.1 Å². The number of unbranched alkanes of at least 4 members (excludes halogenated alkanes) is 11. The average Bonchev–Trinajstić information content (AvgIpc) is 2.61. The molecule has 0 aliphatic rings. The fourth-order valence-electron chi connectivity index (χ4n) is 3.33. The van der Waals surface area contributed by atoms with Gasteiger partial charge < -0.3 is 26.4 Å². The molecule has 30 heavy (non-hydrogen) atoms. The largest absolute Gasteiger partial charge is 1.00 e. The fourth-order valence-corrected chi connectivity index (χ4v) is 3.33. The van der Waals surface area contributed by atoms with Gasteiger partial charge in [-0.25, -0.2) is 0 Å². The van der Waals surface area contributed by atoms with E-state index < -0.39 is 0 Å². The third-order valence-electron chi connectivity index (χ3n) is 5.13. The third kappa shape index (κ3) is 23.5. The van der Waals surface area contributed by atoms with E-state index in [1.165, 1.54) is 71.1 Å². The molecule has 0 heterocycles. The minimum atomic E-state index is -0.354. The molecule has 0 aromatic carbocycles. The number of nitrogens with zero attached hydrogens (tertiary/aromatic N) is 1. The van der Waals surface area contributed by atoms with Gasteiger partial charge >= 0.3 is 11.9 Å². The lowest BCUT2D eigenvalue weighted by molar-refractivity contribution is -0.870. The highest BCUT2D eigenvalue weighted by atomic mass is 35.5. The molecule has 6 heteroatoms. The zero-order chi connectivity index (χ0) is 22.0. The number of hydrogen-bond acceptors (Lipinski definition) is 4. The highest BCUT2D eigenvalue weighted by molar-refractivity contribution is 5.71. The zero-order valence-electron chi connectivity index (χ0n) is 20.3. The van der Waals surface area contributed by atoms with Crippen molar-refractivity contribution in [2.24, 2.45) is 0 Å². The van der Waals surface area contributed by atoms with Gasteiger partial charge in [0.2, 0.25) is 0 Å². The Morgan fingerprint density at radius 3 is 1.70 bits per heavy atom. The lowest BCUT2D eigenvalue weighted by Crippen LogP contribution is -3.00. The first-order chi connectivity index (χ1) is 13.7. The van der Waals surface area contributed by atoms with E-state index in [0.717, 1.165) is 30.3 Å². The monoisotopic (exact) mass is 449 g/mol. The lowest BCUT2D eigenvalue weighted by Gasteiger charge is -2.23. The van der Waals surface area contributed by atoms with E-state index in [9.17, 15) is 9.59 Å². The van der Waals surface area contributed by atoms with Crippen molar-refractivity contribution in [1.29, 1.82) is 0 Å².